The summed E-state index contributed by atoms with van der Waals surface area (Å²) in [5, 5.41) is 2.86. The molecule has 0 aliphatic heterocycles. The molecule has 1 aromatic carbocycles. The van der Waals surface area contributed by atoms with Gasteiger partial charge >= 0.3 is 0 Å². The molecule has 1 N–H and O–H groups in total. The Morgan fingerprint density at radius 2 is 1.94 bits per heavy atom. The van der Waals surface area contributed by atoms with E-state index in [-0.39, 0.29) is 12.5 Å². The van der Waals surface area contributed by atoms with Crippen molar-refractivity contribution in [2.45, 2.75) is 39.2 Å². The van der Waals surface area contributed by atoms with Crippen LogP contribution >= 0.6 is 0 Å². The minimum atomic E-state index is -0.0255. The van der Waals surface area contributed by atoms with Crippen LogP contribution < -0.4 is 5.32 Å². The molecule has 0 atom stereocenters. The van der Waals surface area contributed by atoms with Crippen LogP contribution in [0, 0.1) is 0 Å². The number of carbonyl (C=O) groups excluding carboxylic acids is 1. The minimum absolute atomic E-state index is 0.0255. The molecule has 0 bridgehead atoms. The largest absolute Gasteiger partial charge is 0.367 e. The average molecular weight is 249 g/mol. The van der Waals surface area contributed by atoms with Gasteiger partial charge in [-0.2, -0.15) is 0 Å². The van der Waals surface area contributed by atoms with Gasteiger partial charge in [-0.25, -0.2) is 0 Å². The summed E-state index contributed by atoms with van der Waals surface area (Å²) in [5.41, 5.74) is 1.09. The molecule has 0 saturated heterocycles. The average Bonchev–Trinajstić information content (AvgIpc) is 2.40. The fraction of sp³-hybridized carbons (Fsp3) is 0.533. The van der Waals surface area contributed by atoms with Gasteiger partial charge < -0.3 is 10.1 Å². The molecular formula is C15H23NO2. The number of hydrogen-bond acceptors (Lipinski definition) is 2. The second kappa shape index (κ2) is 9.66. The van der Waals surface area contributed by atoms with E-state index in [1.54, 1.807) is 0 Å². The SMILES string of the molecule is CCCCCCNC(=O)COCc1ccccc1. The molecular weight excluding hydrogens is 226 g/mol. The van der Waals surface area contributed by atoms with E-state index in [1.807, 2.05) is 30.3 Å². The second-order valence-electron chi connectivity index (χ2n) is 4.39. The molecule has 1 amide bonds. The van der Waals surface area contributed by atoms with E-state index in [4.69, 9.17) is 4.74 Å². The molecule has 0 aliphatic carbocycles. The van der Waals surface area contributed by atoms with Crippen LogP contribution in [0.5, 0.6) is 0 Å². The van der Waals surface area contributed by atoms with E-state index >= 15 is 0 Å². The maximum atomic E-state index is 11.4. The summed E-state index contributed by atoms with van der Waals surface area (Å²) >= 11 is 0. The first-order valence-electron chi connectivity index (χ1n) is 6.71. The van der Waals surface area contributed by atoms with Crippen molar-refractivity contribution in [3.05, 3.63) is 35.9 Å². The van der Waals surface area contributed by atoms with Crippen LogP contribution in [-0.2, 0) is 16.1 Å². The second-order valence-corrected chi connectivity index (χ2v) is 4.39. The van der Waals surface area contributed by atoms with Crippen molar-refractivity contribution in [2.75, 3.05) is 13.2 Å². The predicted octanol–water partition coefficient (Wildman–Crippen LogP) is 2.90. The predicted molar refractivity (Wildman–Crippen MR) is 73.2 cm³/mol. The molecule has 1 aromatic rings. The standard InChI is InChI=1S/C15H23NO2/c1-2-3-4-8-11-16-15(17)13-18-12-14-9-6-5-7-10-14/h5-7,9-10H,2-4,8,11-13H2,1H3,(H,16,17). The molecule has 3 heteroatoms. The summed E-state index contributed by atoms with van der Waals surface area (Å²) in [6, 6.07) is 9.87. The third-order valence-corrected chi connectivity index (χ3v) is 2.70. The summed E-state index contributed by atoms with van der Waals surface area (Å²) in [5.74, 6) is -0.0255. The van der Waals surface area contributed by atoms with Crippen LogP contribution in [0.1, 0.15) is 38.2 Å². The quantitative estimate of drug-likeness (QED) is 0.683. The van der Waals surface area contributed by atoms with E-state index in [1.165, 1.54) is 19.3 Å². The van der Waals surface area contributed by atoms with Gasteiger partial charge in [-0.3, -0.25) is 4.79 Å². The van der Waals surface area contributed by atoms with Crippen molar-refractivity contribution in [1.82, 2.24) is 5.32 Å². The van der Waals surface area contributed by atoms with E-state index < -0.39 is 0 Å². The zero-order valence-electron chi connectivity index (χ0n) is 11.2. The van der Waals surface area contributed by atoms with Crippen molar-refractivity contribution >= 4 is 5.91 Å². The Labute approximate surface area is 110 Å². The Kier molecular flexibility index (Phi) is 7.89. The lowest BCUT2D eigenvalue weighted by molar-refractivity contribution is -0.126. The summed E-state index contributed by atoms with van der Waals surface area (Å²) in [6.07, 6.45) is 4.69. The lowest BCUT2D eigenvalue weighted by atomic mass is 10.2. The van der Waals surface area contributed by atoms with Gasteiger partial charge in [0.25, 0.3) is 0 Å². The van der Waals surface area contributed by atoms with Gasteiger partial charge in [0.1, 0.15) is 6.61 Å². The number of amides is 1. The highest BCUT2D eigenvalue weighted by Crippen LogP contribution is 2.00. The Balaban J connectivity index is 2.00. The van der Waals surface area contributed by atoms with Crippen LogP contribution in [0.15, 0.2) is 30.3 Å². The van der Waals surface area contributed by atoms with Crippen molar-refractivity contribution in [1.29, 1.82) is 0 Å². The number of carbonyl (C=O) groups is 1. The van der Waals surface area contributed by atoms with Crippen molar-refractivity contribution in [3.8, 4) is 0 Å². The number of unbranched alkanes of at least 4 members (excludes halogenated alkanes) is 3. The van der Waals surface area contributed by atoms with E-state index in [0.717, 1.165) is 18.5 Å². The van der Waals surface area contributed by atoms with Gasteiger partial charge in [0.15, 0.2) is 0 Å². The third kappa shape index (κ3) is 7.07. The van der Waals surface area contributed by atoms with E-state index in [9.17, 15) is 4.79 Å². The van der Waals surface area contributed by atoms with Crippen molar-refractivity contribution < 1.29 is 9.53 Å². The van der Waals surface area contributed by atoms with Crippen molar-refractivity contribution in [2.24, 2.45) is 0 Å². The zero-order chi connectivity index (χ0) is 13.1. The molecule has 0 heterocycles. The number of hydrogen-bond donors (Lipinski definition) is 1. The van der Waals surface area contributed by atoms with Gasteiger partial charge in [0.05, 0.1) is 6.61 Å². The third-order valence-electron chi connectivity index (χ3n) is 2.70. The Morgan fingerprint density at radius 1 is 1.17 bits per heavy atom. The number of nitrogens with one attached hydrogen (secondary N) is 1. The van der Waals surface area contributed by atoms with Gasteiger partial charge in [0, 0.05) is 6.54 Å². The maximum Gasteiger partial charge on any atom is 0.246 e. The van der Waals surface area contributed by atoms with Gasteiger partial charge in [0.2, 0.25) is 5.91 Å². The number of rotatable bonds is 9. The molecule has 100 valence electrons. The Bertz CT molecular complexity index is 325. The van der Waals surface area contributed by atoms with Crippen LogP contribution in [0.3, 0.4) is 0 Å². The fourth-order valence-electron chi connectivity index (χ4n) is 1.67. The molecule has 0 aromatic heterocycles. The number of ether oxygens (including phenoxy) is 1. The summed E-state index contributed by atoms with van der Waals surface area (Å²) in [4.78, 5) is 11.4. The summed E-state index contributed by atoms with van der Waals surface area (Å²) in [6.45, 7) is 3.57. The lowest BCUT2D eigenvalue weighted by Crippen LogP contribution is -2.28. The summed E-state index contributed by atoms with van der Waals surface area (Å²) < 4.78 is 5.35. The monoisotopic (exact) mass is 249 g/mol. The fourth-order valence-corrected chi connectivity index (χ4v) is 1.67. The molecule has 0 unspecified atom stereocenters. The smallest absolute Gasteiger partial charge is 0.246 e. The highest BCUT2D eigenvalue weighted by molar-refractivity contribution is 5.77. The van der Waals surface area contributed by atoms with Crippen LogP contribution in [0.2, 0.25) is 0 Å². The highest BCUT2D eigenvalue weighted by atomic mass is 16.5. The molecule has 0 aliphatic rings. The minimum Gasteiger partial charge on any atom is -0.367 e. The zero-order valence-corrected chi connectivity index (χ0v) is 11.2. The van der Waals surface area contributed by atoms with Crippen molar-refractivity contribution in [3.63, 3.8) is 0 Å². The van der Waals surface area contributed by atoms with E-state index in [0.29, 0.717) is 6.61 Å². The molecule has 0 radical (unpaired) electrons. The molecule has 0 fully saturated rings. The molecule has 0 saturated carbocycles. The van der Waals surface area contributed by atoms with Gasteiger partial charge in [-0.05, 0) is 12.0 Å². The van der Waals surface area contributed by atoms with Gasteiger partial charge in [-0.1, -0.05) is 56.5 Å². The summed E-state index contributed by atoms with van der Waals surface area (Å²) in [7, 11) is 0. The first-order chi connectivity index (χ1) is 8.83. The normalized spacial score (nSPS) is 10.3. The lowest BCUT2D eigenvalue weighted by Gasteiger charge is -2.06. The highest BCUT2D eigenvalue weighted by Gasteiger charge is 2.00. The maximum absolute atomic E-state index is 11.4. The van der Waals surface area contributed by atoms with Crippen LogP contribution in [0.25, 0.3) is 0 Å². The Hall–Kier alpha value is -1.35. The molecule has 18 heavy (non-hydrogen) atoms. The van der Waals surface area contributed by atoms with Gasteiger partial charge in [-0.15, -0.1) is 0 Å². The van der Waals surface area contributed by atoms with Crippen LogP contribution in [-0.4, -0.2) is 19.1 Å². The van der Waals surface area contributed by atoms with Crippen LogP contribution in [0.4, 0.5) is 0 Å². The molecule has 3 nitrogen and oxygen atoms in total. The van der Waals surface area contributed by atoms with E-state index in [2.05, 4.69) is 12.2 Å². The first-order valence-corrected chi connectivity index (χ1v) is 6.71. The molecule has 0 spiro atoms. The first kappa shape index (κ1) is 14.7. The molecule has 1 rings (SSSR count). The number of benzene rings is 1. The Morgan fingerprint density at radius 3 is 2.67 bits per heavy atom. The topological polar surface area (TPSA) is 38.3 Å².